The third kappa shape index (κ3) is 3.00. The molecule has 0 saturated carbocycles. The van der Waals surface area contributed by atoms with Crippen molar-refractivity contribution in [2.45, 2.75) is 0 Å². The van der Waals surface area contributed by atoms with Crippen LogP contribution in [0.5, 0.6) is 5.75 Å². The van der Waals surface area contributed by atoms with Crippen LogP contribution in [-0.2, 0) is 0 Å². The molecule has 0 N–H and O–H groups in total. The number of ketones is 1. The van der Waals surface area contributed by atoms with Crippen LogP contribution in [0.25, 0.3) is 11.0 Å². The average Bonchev–Trinajstić information content (AvgIpc) is 2.53. The van der Waals surface area contributed by atoms with E-state index in [-0.39, 0.29) is 12.4 Å². The topological polar surface area (TPSA) is 56.5 Å². The molecule has 0 unspecified atom stereocenters. The van der Waals surface area contributed by atoms with Gasteiger partial charge < -0.3 is 9.15 Å². The molecule has 4 nitrogen and oxygen atoms in total. The second-order valence-electron chi connectivity index (χ2n) is 4.53. The summed E-state index contributed by atoms with van der Waals surface area (Å²) >= 11 is 0. The first-order valence-electron chi connectivity index (χ1n) is 6.47. The Morgan fingerprint density at radius 1 is 1.00 bits per heavy atom. The van der Waals surface area contributed by atoms with Gasteiger partial charge in [-0.1, -0.05) is 30.3 Å². The average molecular weight is 280 g/mol. The molecule has 0 bridgehead atoms. The van der Waals surface area contributed by atoms with E-state index >= 15 is 0 Å². The van der Waals surface area contributed by atoms with E-state index in [1.165, 1.54) is 6.07 Å². The number of ether oxygens (including phenoxy) is 1. The van der Waals surface area contributed by atoms with Crippen molar-refractivity contribution in [1.82, 2.24) is 0 Å². The van der Waals surface area contributed by atoms with Gasteiger partial charge in [-0.05, 0) is 18.2 Å². The first kappa shape index (κ1) is 13.1. The molecule has 1 aromatic heterocycles. The Bertz CT molecular complexity index is 834. The van der Waals surface area contributed by atoms with Crippen molar-refractivity contribution < 1.29 is 13.9 Å². The largest absolute Gasteiger partial charge is 0.485 e. The lowest BCUT2D eigenvalue weighted by Gasteiger charge is -2.06. The SMILES string of the molecule is O=C(COc1ccc2ccc(=O)oc2c1)c1ccccc1. The van der Waals surface area contributed by atoms with Crippen molar-refractivity contribution in [3.8, 4) is 5.75 Å². The molecule has 104 valence electrons. The second-order valence-corrected chi connectivity index (χ2v) is 4.53. The van der Waals surface area contributed by atoms with E-state index in [0.717, 1.165) is 5.39 Å². The van der Waals surface area contributed by atoms with E-state index in [0.29, 0.717) is 16.9 Å². The molecule has 21 heavy (non-hydrogen) atoms. The van der Waals surface area contributed by atoms with Crippen molar-refractivity contribution in [3.63, 3.8) is 0 Å². The Labute approximate surface area is 120 Å². The Kier molecular flexibility index (Phi) is 3.51. The van der Waals surface area contributed by atoms with Crippen molar-refractivity contribution in [2.24, 2.45) is 0 Å². The van der Waals surface area contributed by atoms with Crippen molar-refractivity contribution in [2.75, 3.05) is 6.61 Å². The minimum Gasteiger partial charge on any atom is -0.485 e. The number of fused-ring (bicyclic) bond motifs is 1. The highest BCUT2D eigenvalue weighted by atomic mass is 16.5. The molecule has 1 heterocycles. The van der Waals surface area contributed by atoms with Gasteiger partial charge >= 0.3 is 5.63 Å². The summed E-state index contributed by atoms with van der Waals surface area (Å²) in [5.74, 6) is 0.381. The highest BCUT2D eigenvalue weighted by molar-refractivity contribution is 5.97. The normalized spacial score (nSPS) is 10.5. The standard InChI is InChI=1S/C17H12O4/c18-15(12-4-2-1-3-5-12)11-20-14-8-6-13-7-9-17(19)21-16(13)10-14/h1-10H,11H2. The minimum absolute atomic E-state index is 0.0629. The van der Waals surface area contributed by atoms with Crippen LogP contribution in [0.4, 0.5) is 0 Å². The lowest BCUT2D eigenvalue weighted by Crippen LogP contribution is -2.11. The summed E-state index contributed by atoms with van der Waals surface area (Å²) in [7, 11) is 0. The molecule has 0 radical (unpaired) electrons. The number of carbonyl (C=O) groups is 1. The molecule has 0 saturated heterocycles. The summed E-state index contributed by atoms with van der Waals surface area (Å²) in [6.07, 6.45) is 0. The predicted octanol–water partition coefficient (Wildman–Crippen LogP) is 3.05. The van der Waals surface area contributed by atoms with Crippen LogP contribution in [-0.4, -0.2) is 12.4 Å². The Balaban J connectivity index is 1.76. The highest BCUT2D eigenvalue weighted by Gasteiger charge is 2.07. The van der Waals surface area contributed by atoms with Crippen LogP contribution in [0.3, 0.4) is 0 Å². The van der Waals surface area contributed by atoms with Crippen LogP contribution in [0.15, 0.2) is 69.9 Å². The zero-order valence-corrected chi connectivity index (χ0v) is 11.1. The van der Waals surface area contributed by atoms with E-state index in [1.807, 2.05) is 6.07 Å². The lowest BCUT2D eigenvalue weighted by atomic mass is 10.1. The smallest absolute Gasteiger partial charge is 0.336 e. The van der Waals surface area contributed by atoms with Crippen LogP contribution < -0.4 is 10.4 Å². The maximum atomic E-state index is 11.9. The van der Waals surface area contributed by atoms with Crippen molar-refractivity contribution in [1.29, 1.82) is 0 Å². The number of hydrogen-bond acceptors (Lipinski definition) is 4. The van der Waals surface area contributed by atoms with Gasteiger partial charge in [0.25, 0.3) is 0 Å². The zero-order valence-electron chi connectivity index (χ0n) is 11.1. The maximum Gasteiger partial charge on any atom is 0.336 e. The van der Waals surface area contributed by atoms with Crippen molar-refractivity contribution in [3.05, 3.63) is 76.6 Å². The summed E-state index contributed by atoms with van der Waals surface area (Å²) in [5, 5.41) is 0.802. The van der Waals surface area contributed by atoms with Gasteiger partial charge in [0.2, 0.25) is 0 Å². The van der Waals surface area contributed by atoms with E-state index in [4.69, 9.17) is 9.15 Å². The fraction of sp³-hybridized carbons (Fsp3) is 0.0588. The van der Waals surface area contributed by atoms with E-state index in [9.17, 15) is 9.59 Å². The van der Waals surface area contributed by atoms with Crippen molar-refractivity contribution >= 4 is 16.8 Å². The molecule has 3 aromatic rings. The first-order chi connectivity index (χ1) is 10.2. The van der Waals surface area contributed by atoms with Gasteiger partial charge in [0.15, 0.2) is 12.4 Å². The second kappa shape index (κ2) is 5.63. The summed E-state index contributed by atoms with van der Waals surface area (Å²) < 4.78 is 10.5. The molecule has 3 rings (SSSR count). The van der Waals surface area contributed by atoms with E-state index < -0.39 is 5.63 Å². The number of Topliss-reactive ketones (excluding diaryl/α,β-unsaturated/α-hetero) is 1. The third-order valence-electron chi connectivity index (χ3n) is 3.06. The van der Waals surface area contributed by atoms with E-state index in [1.54, 1.807) is 48.5 Å². The van der Waals surface area contributed by atoms with Gasteiger partial charge in [0, 0.05) is 23.1 Å². The Hall–Kier alpha value is -2.88. The first-order valence-corrected chi connectivity index (χ1v) is 6.47. The fourth-order valence-corrected chi connectivity index (χ4v) is 1.99. The number of hydrogen-bond donors (Lipinski definition) is 0. The van der Waals surface area contributed by atoms with Crippen LogP contribution in [0.2, 0.25) is 0 Å². The quantitative estimate of drug-likeness (QED) is 0.544. The fourth-order valence-electron chi connectivity index (χ4n) is 1.99. The molecular formula is C17H12O4. The molecule has 0 aliphatic rings. The third-order valence-corrected chi connectivity index (χ3v) is 3.06. The summed E-state index contributed by atoms with van der Waals surface area (Å²) in [4.78, 5) is 23.1. The molecular weight excluding hydrogens is 268 g/mol. The minimum atomic E-state index is -0.417. The summed E-state index contributed by atoms with van der Waals surface area (Å²) in [6, 6.07) is 17.1. The van der Waals surface area contributed by atoms with Crippen LogP contribution in [0, 0.1) is 0 Å². The molecule has 4 heteroatoms. The number of rotatable bonds is 4. The highest BCUT2D eigenvalue weighted by Crippen LogP contribution is 2.19. The maximum absolute atomic E-state index is 11.9. The summed E-state index contributed by atoms with van der Waals surface area (Å²) in [6.45, 7) is -0.0629. The van der Waals surface area contributed by atoms with Gasteiger partial charge in [-0.15, -0.1) is 0 Å². The molecule has 0 spiro atoms. The molecule has 0 atom stereocenters. The lowest BCUT2D eigenvalue weighted by molar-refractivity contribution is 0.0921. The van der Waals surface area contributed by atoms with Gasteiger partial charge in [-0.2, -0.15) is 0 Å². The molecule has 0 amide bonds. The molecule has 0 fully saturated rings. The van der Waals surface area contributed by atoms with Gasteiger partial charge in [-0.3, -0.25) is 4.79 Å². The van der Waals surface area contributed by atoms with E-state index in [2.05, 4.69) is 0 Å². The number of carbonyl (C=O) groups excluding carboxylic acids is 1. The zero-order chi connectivity index (χ0) is 14.7. The Morgan fingerprint density at radius 2 is 1.76 bits per heavy atom. The van der Waals surface area contributed by atoms with Crippen LogP contribution >= 0.6 is 0 Å². The summed E-state index contributed by atoms with van der Waals surface area (Å²) in [5.41, 5.74) is 0.622. The molecule has 0 aliphatic carbocycles. The monoisotopic (exact) mass is 280 g/mol. The molecule has 0 aliphatic heterocycles. The number of benzene rings is 2. The molecule has 2 aromatic carbocycles. The van der Waals surface area contributed by atoms with Gasteiger partial charge in [-0.25, -0.2) is 4.79 Å². The van der Waals surface area contributed by atoms with Crippen LogP contribution in [0.1, 0.15) is 10.4 Å². The van der Waals surface area contributed by atoms with Gasteiger partial charge in [0.05, 0.1) is 0 Å². The Morgan fingerprint density at radius 3 is 2.57 bits per heavy atom. The predicted molar refractivity (Wildman–Crippen MR) is 78.8 cm³/mol. The van der Waals surface area contributed by atoms with Gasteiger partial charge in [0.1, 0.15) is 11.3 Å².